The molecule has 1 amide bonds. The van der Waals surface area contributed by atoms with E-state index in [9.17, 15) is 4.79 Å². The summed E-state index contributed by atoms with van der Waals surface area (Å²) in [5.41, 5.74) is 8.32. The second-order valence-corrected chi connectivity index (χ2v) is 6.43. The summed E-state index contributed by atoms with van der Waals surface area (Å²) in [6, 6.07) is 19.8. The Morgan fingerprint density at radius 1 is 1.07 bits per heavy atom. The molecule has 0 aliphatic rings. The fourth-order valence-corrected chi connectivity index (χ4v) is 2.99. The fraction of sp³-hybridized carbons (Fsp3) is 0.0909. The monoisotopic (exact) mass is 392 g/mol. The number of amides is 1. The van der Waals surface area contributed by atoms with Gasteiger partial charge in [0.15, 0.2) is 11.5 Å². The number of methoxy groups -OCH3 is 1. The van der Waals surface area contributed by atoms with Gasteiger partial charge in [0.1, 0.15) is 5.75 Å². The number of nitriles is 1. The number of carbonyl (C=O) groups is 1. The molecule has 3 rings (SSSR count). The van der Waals surface area contributed by atoms with Crippen molar-refractivity contribution in [3.63, 3.8) is 0 Å². The van der Waals surface area contributed by atoms with E-state index < -0.39 is 5.91 Å². The number of benzene rings is 3. The minimum absolute atomic E-state index is 0.133. The molecule has 6 heteroatoms. The maximum absolute atomic E-state index is 11.4. The van der Waals surface area contributed by atoms with Gasteiger partial charge in [0, 0.05) is 6.07 Å². The van der Waals surface area contributed by atoms with Crippen LogP contribution in [-0.4, -0.2) is 13.0 Å². The highest BCUT2D eigenvalue weighted by Gasteiger charge is 2.13. The zero-order valence-electron chi connectivity index (χ0n) is 15.1. The second-order valence-electron chi connectivity index (χ2n) is 6.02. The van der Waals surface area contributed by atoms with Crippen LogP contribution in [0.3, 0.4) is 0 Å². The first-order valence-electron chi connectivity index (χ1n) is 8.44. The van der Waals surface area contributed by atoms with Crippen LogP contribution in [0.2, 0.25) is 5.02 Å². The molecule has 28 heavy (non-hydrogen) atoms. The number of hydrogen-bond acceptors (Lipinski definition) is 4. The van der Waals surface area contributed by atoms with Crippen LogP contribution in [0.1, 0.15) is 11.1 Å². The third kappa shape index (κ3) is 4.25. The topological polar surface area (TPSA) is 85.3 Å². The summed E-state index contributed by atoms with van der Waals surface area (Å²) in [6.07, 6.45) is 0.133. The standard InChI is InChI=1S/C22H17ClN2O3/c1-27-19-9-7-16(17-5-3-2-4-15(17)12-22(25)26)11-21(19)28-20-10-14(13-24)6-8-18(20)23/h2-11H,12H2,1H3,(H2,25,26). The quantitative estimate of drug-likeness (QED) is 0.658. The molecular weight excluding hydrogens is 376 g/mol. The van der Waals surface area contributed by atoms with Crippen molar-refractivity contribution in [2.24, 2.45) is 5.73 Å². The molecule has 0 radical (unpaired) electrons. The summed E-state index contributed by atoms with van der Waals surface area (Å²) in [5, 5.41) is 9.48. The van der Waals surface area contributed by atoms with Crippen molar-refractivity contribution in [1.82, 2.24) is 0 Å². The molecule has 0 fully saturated rings. The van der Waals surface area contributed by atoms with E-state index in [0.29, 0.717) is 27.8 Å². The van der Waals surface area contributed by atoms with Gasteiger partial charge in [0.05, 0.1) is 30.2 Å². The van der Waals surface area contributed by atoms with Gasteiger partial charge in [-0.2, -0.15) is 5.26 Å². The molecule has 0 aliphatic heterocycles. The lowest BCUT2D eigenvalue weighted by Gasteiger charge is -2.15. The first-order chi connectivity index (χ1) is 13.5. The van der Waals surface area contributed by atoms with E-state index in [2.05, 4.69) is 6.07 Å². The van der Waals surface area contributed by atoms with Gasteiger partial charge in [-0.15, -0.1) is 0 Å². The number of hydrogen-bond donors (Lipinski definition) is 1. The number of halogens is 1. The molecule has 0 aromatic heterocycles. The van der Waals surface area contributed by atoms with Crippen molar-refractivity contribution >= 4 is 17.5 Å². The molecule has 0 aliphatic carbocycles. The van der Waals surface area contributed by atoms with Gasteiger partial charge >= 0.3 is 0 Å². The molecule has 0 atom stereocenters. The van der Waals surface area contributed by atoms with Crippen LogP contribution in [0.4, 0.5) is 0 Å². The Labute approximate surface area is 167 Å². The SMILES string of the molecule is COc1ccc(-c2ccccc2CC(N)=O)cc1Oc1cc(C#N)ccc1Cl. The highest BCUT2D eigenvalue weighted by Crippen LogP contribution is 2.38. The van der Waals surface area contributed by atoms with Crippen LogP contribution >= 0.6 is 11.6 Å². The molecule has 140 valence electrons. The van der Waals surface area contributed by atoms with Crippen LogP contribution in [0.5, 0.6) is 17.2 Å². The maximum atomic E-state index is 11.4. The Morgan fingerprint density at radius 3 is 2.57 bits per heavy atom. The smallest absolute Gasteiger partial charge is 0.221 e. The van der Waals surface area contributed by atoms with Crippen LogP contribution in [-0.2, 0) is 11.2 Å². The molecule has 0 saturated heterocycles. The second kappa shape index (κ2) is 8.47. The van der Waals surface area contributed by atoms with Crippen LogP contribution in [0.15, 0.2) is 60.7 Å². The van der Waals surface area contributed by atoms with E-state index in [1.54, 1.807) is 30.3 Å². The fourth-order valence-electron chi connectivity index (χ4n) is 2.84. The molecule has 3 aromatic carbocycles. The first-order valence-corrected chi connectivity index (χ1v) is 8.81. The molecule has 0 saturated carbocycles. The Morgan fingerprint density at radius 2 is 1.86 bits per heavy atom. The third-order valence-corrected chi connectivity index (χ3v) is 4.45. The number of nitrogens with zero attached hydrogens (tertiary/aromatic N) is 1. The van der Waals surface area contributed by atoms with E-state index in [-0.39, 0.29) is 6.42 Å². The van der Waals surface area contributed by atoms with Crippen LogP contribution < -0.4 is 15.2 Å². The number of carbonyl (C=O) groups excluding carboxylic acids is 1. The number of nitrogens with two attached hydrogens (primary N) is 1. The van der Waals surface area contributed by atoms with Gasteiger partial charge in [0.2, 0.25) is 5.91 Å². The summed E-state index contributed by atoms with van der Waals surface area (Å²) in [6.45, 7) is 0. The Bertz CT molecular complexity index is 1070. The van der Waals surface area contributed by atoms with E-state index in [0.717, 1.165) is 16.7 Å². The first kappa shape index (κ1) is 19.3. The zero-order valence-corrected chi connectivity index (χ0v) is 15.9. The third-order valence-electron chi connectivity index (χ3n) is 4.14. The highest BCUT2D eigenvalue weighted by molar-refractivity contribution is 6.32. The Kier molecular flexibility index (Phi) is 5.83. The molecule has 3 aromatic rings. The molecule has 0 heterocycles. The van der Waals surface area contributed by atoms with E-state index >= 15 is 0 Å². The minimum atomic E-state index is -0.405. The number of rotatable bonds is 6. The van der Waals surface area contributed by atoms with Gasteiger partial charge in [0.25, 0.3) is 0 Å². The minimum Gasteiger partial charge on any atom is -0.493 e. The summed E-state index contributed by atoms with van der Waals surface area (Å²) in [7, 11) is 1.54. The van der Waals surface area contributed by atoms with Crippen LogP contribution in [0.25, 0.3) is 11.1 Å². The van der Waals surface area contributed by atoms with Crippen molar-refractivity contribution in [2.45, 2.75) is 6.42 Å². The average Bonchev–Trinajstić information content (AvgIpc) is 2.69. The lowest BCUT2D eigenvalue weighted by atomic mass is 9.97. The molecule has 0 unspecified atom stereocenters. The summed E-state index contributed by atoms with van der Waals surface area (Å²) in [4.78, 5) is 11.4. The van der Waals surface area contributed by atoms with Crippen LogP contribution in [0, 0.1) is 11.3 Å². The van der Waals surface area contributed by atoms with Gasteiger partial charge in [-0.3, -0.25) is 4.79 Å². The Hall–Kier alpha value is -3.49. The summed E-state index contributed by atoms with van der Waals surface area (Å²) >= 11 is 6.21. The lowest BCUT2D eigenvalue weighted by molar-refractivity contribution is -0.117. The van der Waals surface area contributed by atoms with Crippen molar-refractivity contribution < 1.29 is 14.3 Å². The van der Waals surface area contributed by atoms with Gasteiger partial charge in [-0.25, -0.2) is 0 Å². The predicted octanol–water partition coefficient (Wildman–Crippen LogP) is 4.71. The average molecular weight is 393 g/mol. The normalized spacial score (nSPS) is 10.2. The van der Waals surface area contributed by atoms with Crippen molar-refractivity contribution in [2.75, 3.05) is 7.11 Å². The molecule has 0 spiro atoms. The molecule has 0 bridgehead atoms. The van der Waals surface area contributed by atoms with E-state index in [1.807, 2.05) is 30.3 Å². The van der Waals surface area contributed by atoms with Crippen molar-refractivity contribution in [3.05, 3.63) is 76.8 Å². The highest BCUT2D eigenvalue weighted by atomic mass is 35.5. The van der Waals surface area contributed by atoms with Crippen molar-refractivity contribution in [3.8, 4) is 34.4 Å². The maximum Gasteiger partial charge on any atom is 0.221 e. The molecule has 2 N–H and O–H groups in total. The van der Waals surface area contributed by atoms with E-state index in [4.69, 9.17) is 32.1 Å². The molecule has 5 nitrogen and oxygen atoms in total. The summed E-state index contributed by atoms with van der Waals surface area (Å²) in [5.74, 6) is 0.888. The number of primary amides is 1. The zero-order chi connectivity index (χ0) is 20.1. The van der Waals surface area contributed by atoms with Gasteiger partial charge in [-0.05, 0) is 41.0 Å². The molecular formula is C22H17ClN2O3. The van der Waals surface area contributed by atoms with Crippen molar-refractivity contribution in [1.29, 1.82) is 5.26 Å². The van der Waals surface area contributed by atoms with Gasteiger partial charge < -0.3 is 15.2 Å². The van der Waals surface area contributed by atoms with E-state index in [1.165, 1.54) is 7.11 Å². The number of ether oxygens (including phenoxy) is 2. The summed E-state index contributed by atoms with van der Waals surface area (Å²) < 4.78 is 11.3. The van der Waals surface area contributed by atoms with Gasteiger partial charge in [-0.1, -0.05) is 41.9 Å². The Balaban J connectivity index is 2.05. The largest absolute Gasteiger partial charge is 0.493 e. The predicted molar refractivity (Wildman–Crippen MR) is 108 cm³/mol. The lowest BCUT2D eigenvalue weighted by Crippen LogP contribution is -2.14.